The van der Waals surface area contributed by atoms with E-state index >= 15 is 0 Å². The number of benzene rings is 2. The van der Waals surface area contributed by atoms with Gasteiger partial charge < -0.3 is 10.1 Å². The molecule has 0 saturated carbocycles. The molecule has 2 aromatic carbocycles. The molecule has 144 valence electrons. The van der Waals surface area contributed by atoms with Crippen molar-refractivity contribution in [3.8, 4) is 5.75 Å². The van der Waals surface area contributed by atoms with Crippen LogP contribution < -0.4 is 21.3 Å². The van der Waals surface area contributed by atoms with Crippen molar-refractivity contribution in [2.75, 3.05) is 7.11 Å². The number of methoxy groups -OCH3 is 1. The summed E-state index contributed by atoms with van der Waals surface area (Å²) in [4.78, 5) is 36.9. The highest BCUT2D eigenvalue weighted by atomic mass is 16.5. The molecule has 0 radical (unpaired) electrons. The number of amides is 1. The van der Waals surface area contributed by atoms with Gasteiger partial charge in [0.25, 0.3) is 5.56 Å². The molecule has 3 rings (SSSR count). The minimum Gasteiger partial charge on any atom is -0.497 e. The summed E-state index contributed by atoms with van der Waals surface area (Å²) in [5.41, 5.74) is 0.791. The number of rotatable bonds is 7. The maximum Gasteiger partial charge on any atom is 0.331 e. The van der Waals surface area contributed by atoms with Crippen LogP contribution in [0.1, 0.15) is 11.1 Å². The number of carbonyl (C=O) groups excluding carboxylic acids is 1. The SMILES string of the molecule is COc1ccc(CNC(=O)Cn2c(=O)ccn(Cc3ccccc3)c2=O)cc1. The van der Waals surface area contributed by atoms with Gasteiger partial charge in [0.05, 0.1) is 13.7 Å². The van der Waals surface area contributed by atoms with Gasteiger partial charge in [-0.3, -0.25) is 18.7 Å². The molecule has 0 bridgehead atoms. The zero-order valence-electron chi connectivity index (χ0n) is 15.5. The summed E-state index contributed by atoms with van der Waals surface area (Å²) in [6, 6.07) is 18.0. The molecule has 0 aliphatic rings. The first kappa shape index (κ1) is 19.2. The molecule has 0 fully saturated rings. The van der Waals surface area contributed by atoms with Crippen molar-refractivity contribution >= 4 is 5.91 Å². The molecule has 1 amide bonds. The van der Waals surface area contributed by atoms with E-state index in [0.717, 1.165) is 21.4 Å². The second-order valence-corrected chi connectivity index (χ2v) is 6.26. The fraction of sp³-hybridized carbons (Fsp3) is 0.190. The molecule has 3 aromatic rings. The summed E-state index contributed by atoms with van der Waals surface area (Å²) in [5.74, 6) is 0.317. The maximum absolute atomic E-state index is 12.6. The van der Waals surface area contributed by atoms with E-state index in [1.54, 1.807) is 19.2 Å². The van der Waals surface area contributed by atoms with Crippen molar-refractivity contribution in [3.05, 3.63) is 98.8 Å². The zero-order valence-corrected chi connectivity index (χ0v) is 15.5. The first-order valence-corrected chi connectivity index (χ1v) is 8.80. The van der Waals surface area contributed by atoms with E-state index in [2.05, 4.69) is 5.32 Å². The summed E-state index contributed by atoms with van der Waals surface area (Å²) in [5, 5.41) is 2.72. The van der Waals surface area contributed by atoms with Gasteiger partial charge in [0.15, 0.2) is 0 Å². The van der Waals surface area contributed by atoms with Gasteiger partial charge >= 0.3 is 5.69 Å². The minimum atomic E-state index is -0.518. The van der Waals surface area contributed by atoms with E-state index in [4.69, 9.17) is 4.74 Å². The average Bonchev–Trinajstić information content (AvgIpc) is 2.73. The van der Waals surface area contributed by atoms with Crippen LogP contribution >= 0.6 is 0 Å². The number of hydrogen-bond acceptors (Lipinski definition) is 4. The fourth-order valence-corrected chi connectivity index (χ4v) is 2.75. The molecule has 0 unspecified atom stereocenters. The van der Waals surface area contributed by atoms with Crippen LogP contribution in [0, 0.1) is 0 Å². The molecule has 1 N–H and O–H groups in total. The van der Waals surface area contributed by atoms with E-state index in [0.29, 0.717) is 13.1 Å². The molecule has 0 aliphatic carbocycles. The van der Waals surface area contributed by atoms with Crippen LogP contribution in [0.15, 0.2) is 76.4 Å². The van der Waals surface area contributed by atoms with E-state index in [-0.39, 0.29) is 6.54 Å². The Kier molecular flexibility index (Phi) is 6.06. The van der Waals surface area contributed by atoms with Crippen molar-refractivity contribution < 1.29 is 9.53 Å². The van der Waals surface area contributed by atoms with Gasteiger partial charge in [-0.15, -0.1) is 0 Å². The van der Waals surface area contributed by atoms with Crippen LogP contribution in [0.4, 0.5) is 0 Å². The smallest absolute Gasteiger partial charge is 0.331 e. The third-order valence-corrected chi connectivity index (χ3v) is 4.29. The first-order chi connectivity index (χ1) is 13.6. The Morgan fingerprint density at radius 1 is 0.964 bits per heavy atom. The van der Waals surface area contributed by atoms with Gasteiger partial charge in [-0.2, -0.15) is 0 Å². The molecule has 1 aromatic heterocycles. The Labute approximate surface area is 161 Å². The lowest BCUT2D eigenvalue weighted by Gasteiger charge is -2.11. The first-order valence-electron chi connectivity index (χ1n) is 8.80. The summed E-state index contributed by atoms with van der Waals surface area (Å²) in [6.45, 7) is 0.291. The van der Waals surface area contributed by atoms with Crippen molar-refractivity contribution in [3.63, 3.8) is 0 Å². The third-order valence-electron chi connectivity index (χ3n) is 4.29. The zero-order chi connectivity index (χ0) is 19.9. The molecule has 28 heavy (non-hydrogen) atoms. The highest BCUT2D eigenvalue weighted by Crippen LogP contribution is 2.10. The predicted octanol–water partition coefficient (Wildman–Crippen LogP) is 1.38. The molecule has 0 atom stereocenters. The lowest BCUT2D eigenvalue weighted by atomic mass is 10.2. The number of carbonyl (C=O) groups is 1. The maximum atomic E-state index is 12.6. The molecular weight excluding hydrogens is 358 g/mol. The monoisotopic (exact) mass is 379 g/mol. The van der Waals surface area contributed by atoms with Gasteiger partial charge in [-0.05, 0) is 23.3 Å². The molecule has 0 spiro atoms. The van der Waals surface area contributed by atoms with Gasteiger partial charge in [-0.1, -0.05) is 42.5 Å². The predicted molar refractivity (Wildman–Crippen MR) is 105 cm³/mol. The lowest BCUT2D eigenvalue weighted by Crippen LogP contribution is -2.43. The molecule has 0 saturated heterocycles. The van der Waals surface area contributed by atoms with Gasteiger partial charge in [0, 0.05) is 18.8 Å². The molecular formula is C21H21N3O4. The number of nitrogens with one attached hydrogen (secondary N) is 1. The standard InChI is InChI=1S/C21H21N3O4/c1-28-18-9-7-16(8-10-18)13-22-19(25)15-24-20(26)11-12-23(21(24)27)14-17-5-3-2-4-6-17/h2-12H,13-15H2,1H3,(H,22,25). The van der Waals surface area contributed by atoms with Crippen molar-refractivity contribution in [2.24, 2.45) is 0 Å². The van der Waals surface area contributed by atoms with E-state index in [1.165, 1.54) is 16.8 Å². The Bertz CT molecular complexity index is 1050. The number of nitrogens with zero attached hydrogens (tertiary/aromatic N) is 2. The lowest BCUT2D eigenvalue weighted by molar-refractivity contribution is -0.121. The van der Waals surface area contributed by atoms with Crippen LogP contribution in [0.25, 0.3) is 0 Å². The number of aromatic nitrogens is 2. The van der Waals surface area contributed by atoms with Crippen LogP contribution in [-0.4, -0.2) is 22.2 Å². The quantitative estimate of drug-likeness (QED) is 0.672. The largest absolute Gasteiger partial charge is 0.497 e. The normalized spacial score (nSPS) is 10.5. The molecule has 7 heteroatoms. The van der Waals surface area contributed by atoms with Crippen molar-refractivity contribution in [2.45, 2.75) is 19.6 Å². The van der Waals surface area contributed by atoms with Gasteiger partial charge in [-0.25, -0.2) is 4.79 Å². The topological polar surface area (TPSA) is 82.3 Å². The Morgan fingerprint density at radius 3 is 2.36 bits per heavy atom. The van der Waals surface area contributed by atoms with Crippen LogP contribution in [0.2, 0.25) is 0 Å². The van der Waals surface area contributed by atoms with Crippen LogP contribution in [-0.2, 0) is 24.4 Å². The molecule has 0 aliphatic heterocycles. The highest BCUT2D eigenvalue weighted by Gasteiger charge is 2.10. The second kappa shape index (κ2) is 8.85. The van der Waals surface area contributed by atoms with Crippen molar-refractivity contribution in [1.82, 2.24) is 14.5 Å². The van der Waals surface area contributed by atoms with Gasteiger partial charge in [0.1, 0.15) is 12.3 Å². The summed E-state index contributed by atoms with van der Waals surface area (Å²) in [7, 11) is 1.58. The Balaban J connectivity index is 1.68. The van der Waals surface area contributed by atoms with Crippen molar-refractivity contribution in [1.29, 1.82) is 0 Å². The summed E-state index contributed by atoms with van der Waals surface area (Å²) in [6.07, 6.45) is 1.45. The Hall–Kier alpha value is -3.61. The second-order valence-electron chi connectivity index (χ2n) is 6.26. The van der Waals surface area contributed by atoms with E-state index in [1.807, 2.05) is 42.5 Å². The van der Waals surface area contributed by atoms with Gasteiger partial charge in [0.2, 0.25) is 5.91 Å². The highest BCUT2D eigenvalue weighted by molar-refractivity contribution is 5.75. The van der Waals surface area contributed by atoms with E-state index < -0.39 is 17.2 Å². The summed E-state index contributed by atoms with van der Waals surface area (Å²) < 4.78 is 7.44. The number of ether oxygens (including phenoxy) is 1. The third kappa shape index (κ3) is 4.76. The van der Waals surface area contributed by atoms with E-state index in [9.17, 15) is 14.4 Å². The summed E-state index contributed by atoms with van der Waals surface area (Å²) >= 11 is 0. The fourth-order valence-electron chi connectivity index (χ4n) is 2.75. The van der Waals surface area contributed by atoms with Crippen LogP contribution in [0.5, 0.6) is 5.75 Å². The Morgan fingerprint density at radius 2 is 1.68 bits per heavy atom. The number of hydrogen-bond donors (Lipinski definition) is 1. The molecule has 1 heterocycles. The van der Waals surface area contributed by atoms with Crippen LogP contribution in [0.3, 0.4) is 0 Å². The molecule has 7 nitrogen and oxygen atoms in total. The average molecular weight is 379 g/mol. The minimum absolute atomic E-state index is 0.294.